The summed E-state index contributed by atoms with van der Waals surface area (Å²) in [5, 5.41) is 0. The molecule has 0 heterocycles. The lowest BCUT2D eigenvalue weighted by atomic mass is 9.89. The minimum atomic E-state index is -0.297. The molecular weight excluding hydrogens is 240 g/mol. The summed E-state index contributed by atoms with van der Waals surface area (Å²) in [7, 11) is 1.39. The highest BCUT2D eigenvalue weighted by molar-refractivity contribution is 5.89. The van der Waals surface area contributed by atoms with E-state index in [0.29, 0.717) is 18.3 Å². The van der Waals surface area contributed by atoms with Crippen LogP contribution in [0.15, 0.2) is 24.3 Å². The summed E-state index contributed by atoms with van der Waals surface area (Å²) in [6.45, 7) is 2.93. The summed E-state index contributed by atoms with van der Waals surface area (Å²) in [5.41, 5.74) is 1.68. The lowest BCUT2D eigenvalue weighted by Crippen LogP contribution is -2.20. The minimum Gasteiger partial charge on any atom is -0.465 e. The maximum atomic E-state index is 11.3. The van der Waals surface area contributed by atoms with Crippen LogP contribution in [0.3, 0.4) is 0 Å². The maximum absolute atomic E-state index is 11.3. The molecule has 1 aromatic carbocycles. The van der Waals surface area contributed by atoms with Crippen molar-refractivity contribution in [3.05, 3.63) is 35.4 Å². The van der Waals surface area contributed by atoms with Crippen molar-refractivity contribution in [2.24, 2.45) is 5.92 Å². The second kappa shape index (κ2) is 6.71. The monoisotopic (exact) mass is 262 g/mol. The molecule has 0 aromatic heterocycles. The molecule has 1 aromatic rings. The predicted molar refractivity (Wildman–Crippen MR) is 74.0 cm³/mol. The van der Waals surface area contributed by atoms with Crippen molar-refractivity contribution >= 4 is 5.97 Å². The Morgan fingerprint density at radius 2 is 1.79 bits per heavy atom. The van der Waals surface area contributed by atoms with E-state index in [9.17, 15) is 4.79 Å². The molecular formula is C16H22O3. The zero-order valence-electron chi connectivity index (χ0n) is 11.7. The number of ether oxygens (including phenoxy) is 2. The standard InChI is InChI=1S/C16H22O3/c1-12-3-9-15(10-4-12)19-11-13-5-7-14(8-6-13)16(17)18-2/h5-8,12,15H,3-4,9-11H2,1-2H3. The lowest BCUT2D eigenvalue weighted by Gasteiger charge is -2.26. The van der Waals surface area contributed by atoms with E-state index in [-0.39, 0.29) is 5.97 Å². The van der Waals surface area contributed by atoms with Gasteiger partial charge < -0.3 is 9.47 Å². The van der Waals surface area contributed by atoms with Gasteiger partial charge in [-0.05, 0) is 49.3 Å². The highest BCUT2D eigenvalue weighted by atomic mass is 16.5. The molecule has 19 heavy (non-hydrogen) atoms. The van der Waals surface area contributed by atoms with Gasteiger partial charge in [0.2, 0.25) is 0 Å². The third-order valence-electron chi connectivity index (χ3n) is 3.82. The first kappa shape index (κ1) is 14.1. The molecule has 0 N–H and O–H groups in total. The smallest absolute Gasteiger partial charge is 0.337 e. The average molecular weight is 262 g/mol. The fraction of sp³-hybridized carbons (Fsp3) is 0.562. The number of esters is 1. The number of hydrogen-bond donors (Lipinski definition) is 0. The summed E-state index contributed by atoms with van der Waals surface area (Å²) in [6, 6.07) is 7.43. The molecule has 1 aliphatic rings. The van der Waals surface area contributed by atoms with Gasteiger partial charge in [0.05, 0.1) is 25.4 Å². The molecule has 1 saturated carbocycles. The van der Waals surface area contributed by atoms with Gasteiger partial charge in [0.1, 0.15) is 0 Å². The van der Waals surface area contributed by atoms with E-state index in [2.05, 4.69) is 11.7 Å². The zero-order chi connectivity index (χ0) is 13.7. The third kappa shape index (κ3) is 4.06. The summed E-state index contributed by atoms with van der Waals surface area (Å²) in [6.07, 6.45) is 5.28. The first-order valence-electron chi connectivity index (χ1n) is 6.98. The van der Waals surface area contributed by atoms with Gasteiger partial charge in [-0.25, -0.2) is 4.79 Å². The van der Waals surface area contributed by atoms with Crippen LogP contribution in [0.5, 0.6) is 0 Å². The Labute approximate surface area is 114 Å². The van der Waals surface area contributed by atoms with E-state index in [1.807, 2.05) is 12.1 Å². The molecule has 1 aliphatic carbocycles. The van der Waals surface area contributed by atoms with E-state index in [0.717, 1.165) is 11.5 Å². The van der Waals surface area contributed by atoms with Crippen molar-refractivity contribution in [3.63, 3.8) is 0 Å². The average Bonchev–Trinajstić information content (AvgIpc) is 2.46. The Kier molecular flexibility index (Phi) is 4.97. The Morgan fingerprint density at radius 3 is 2.37 bits per heavy atom. The van der Waals surface area contributed by atoms with Gasteiger partial charge in [-0.3, -0.25) is 0 Å². The Hall–Kier alpha value is -1.35. The molecule has 1 fully saturated rings. The van der Waals surface area contributed by atoms with Crippen molar-refractivity contribution in [1.82, 2.24) is 0 Å². The molecule has 0 unspecified atom stereocenters. The largest absolute Gasteiger partial charge is 0.465 e. The predicted octanol–water partition coefficient (Wildman–Crippen LogP) is 3.57. The van der Waals surface area contributed by atoms with Gasteiger partial charge in [-0.1, -0.05) is 19.1 Å². The Balaban J connectivity index is 1.81. The maximum Gasteiger partial charge on any atom is 0.337 e. The molecule has 0 bridgehead atoms. The number of methoxy groups -OCH3 is 1. The van der Waals surface area contributed by atoms with Gasteiger partial charge in [0, 0.05) is 0 Å². The zero-order valence-corrected chi connectivity index (χ0v) is 11.7. The molecule has 3 heteroatoms. The highest BCUT2D eigenvalue weighted by Gasteiger charge is 2.18. The summed E-state index contributed by atoms with van der Waals surface area (Å²) < 4.78 is 10.6. The normalized spacial score (nSPS) is 23.1. The number of carbonyl (C=O) groups excluding carboxylic acids is 1. The van der Waals surface area contributed by atoms with E-state index in [4.69, 9.17) is 4.74 Å². The lowest BCUT2D eigenvalue weighted by molar-refractivity contribution is 0.00875. The minimum absolute atomic E-state index is 0.297. The molecule has 0 radical (unpaired) electrons. The summed E-state index contributed by atoms with van der Waals surface area (Å²) in [5.74, 6) is 0.549. The quantitative estimate of drug-likeness (QED) is 0.778. The number of carbonyl (C=O) groups is 1. The van der Waals surface area contributed by atoms with Crippen LogP contribution < -0.4 is 0 Å². The summed E-state index contributed by atoms with van der Waals surface area (Å²) >= 11 is 0. The van der Waals surface area contributed by atoms with Crippen LogP contribution in [0.25, 0.3) is 0 Å². The molecule has 0 amide bonds. The molecule has 0 aliphatic heterocycles. The van der Waals surface area contributed by atoms with Crippen LogP contribution in [0, 0.1) is 5.92 Å². The highest BCUT2D eigenvalue weighted by Crippen LogP contribution is 2.26. The van der Waals surface area contributed by atoms with Gasteiger partial charge in [-0.15, -0.1) is 0 Å². The van der Waals surface area contributed by atoms with E-state index >= 15 is 0 Å². The number of hydrogen-bond acceptors (Lipinski definition) is 3. The second-order valence-electron chi connectivity index (χ2n) is 5.38. The van der Waals surface area contributed by atoms with Gasteiger partial charge in [0.25, 0.3) is 0 Å². The fourth-order valence-electron chi connectivity index (χ4n) is 2.47. The first-order valence-corrected chi connectivity index (χ1v) is 6.98. The van der Waals surface area contributed by atoms with Gasteiger partial charge in [-0.2, -0.15) is 0 Å². The number of rotatable bonds is 4. The molecule has 0 spiro atoms. The SMILES string of the molecule is COC(=O)c1ccc(COC2CCC(C)CC2)cc1. The van der Waals surface area contributed by atoms with E-state index in [1.165, 1.54) is 32.8 Å². The first-order chi connectivity index (χ1) is 9.19. The van der Waals surface area contributed by atoms with Crippen LogP contribution in [0.4, 0.5) is 0 Å². The molecule has 0 saturated heterocycles. The van der Waals surface area contributed by atoms with Gasteiger partial charge >= 0.3 is 5.97 Å². The fourth-order valence-corrected chi connectivity index (χ4v) is 2.47. The van der Waals surface area contributed by atoms with Crippen LogP contribution in [0.2, 0.25) is 0 Å². The van der Waals surface area contributed by atoms with Crippen molar-refractivity contribution in [2.45, 2.75) is 45.3 Å². The van der Waals surface area contributed by atoms with Crippen LogP contribution >= 0.6 is 0 Å². The van der Waals surface area contributed by atoms with Crippen LogP contribution in [-0.4, -0.2) is 19.2 Å². The van der Waals surface area contributed by atoms with Crippen molar-refractivity contribution in [1.29, 1.82) is 0 Å². The third-order valence-corrected chi connectivity index (χ3v) is 3.82. The summed E-state index contributed by atoms with van der Waals surface area (Å²) in [4.78, 5) is 11.3. The number of benzene rings is 1. The Morgan fingerprint density at radius 1 is 1.16 bits per heavy atom. The second-order valence-corrected chi connectivity index (χ2v) is 5.38. The van der Waals surface area contributed by atoms with E-state index < -0.39 is 0 Å². The molecule has 2 rings (SSSR count). The van der Waals surface area contributed by atoms with Crippen LogP contribution in [0.1, 0.15) is 48.5 Å². The van der Waals surface area contributed by atoms with Crippen LogP contribution in [-0.2, 0) is 16.1 Å². The van der Waals surface area contributed by atoms with Gasteiger partial charge in [0.15, 0.2) is 0 Å². The Bertz CT molecular complexity index is 403. The molecule has 3 nitrogen and oxygen atoms in total. The molecule has 0 atom stereocenters. The van der Waals surface area contributed by atoms with E-state index in [1.54, 1.807) is 12.1 Å². The molecule has 104 valence electrons. The van der Waals surface area contributed by atoms with Crippen molar-refractivity contribution < 1.29 is 14.3 Å². The van der Waals surface area contributed by atoms with Crippen molar-refractivity contribution in [2.75, 3.05) is 7.11 Å². The topological polar surface area (TPSA) is 35.5 Å². The van der Waals surface area contributed by atoms with Crippen molar-refractivity contribution in [3.8, 4) is 0 Å².